The monoisotopic (exact) mass is 282 g/mol. The van der Waals surface area contributed by atoms with Crippen LogP contribution in [0.4, 0.5) is 0 Å². The van der Waals surface area contributed by atoms with Gasteiger partial charge >= 0.3 is 60.8 Å². The molecule has 1 nitrogen and oxygen atoms in total. The number of hydrogen-bond acceptors (Lipinski definition) is 1. The summed E-state index contributed by atoms with van der Waals surface area (Å²) in [4.78, 5) is 0. The van der Waals surface area contributed by atoms with Crippen molar-refractivity contribution in [2.75, 3.05) is 7.11 Å². The zero-order chi connectivity index (χ0) is 6.57. The van der Waals surface area contributed by atoms with Gasteiger partial charge in [0.2, 0.25) is 0 Å². The van der Waals surface area contributed by atoms with E-state index < -0.39 is 0 Å². The van der Waals surface area contributed by atoms with Crippen molar-refractivity contribution in [3.63, 3.8) is 0 Å². The van der Waals surface area contributed by atoms with Crippen molar-refractivity contribution in [2.45, 2.75) is 13.8 Å². The van der Waals surface area contributed by atoms with Gasteiger partial charge in [-0.2, -0.15) is 0 Å². The first-order chi connectivity index (χ1) is 3.66. The molecule has 8 heavy (non-hydrogen) atoms. The Hall–Kier alpha value is 0.258. The van der Waals surface area contributed by atoms with E-state index in [2.05, 4.69) is 13.8 Å². The molecular formula is C6H10OW. The van der Waals surface area contributed by atoms with Crippen molar-refractivity contribution >= 4 is 4.08 Å². The predicted octanol–water partition coefficient (Wildman–Crippen LogP) is 1.28. The molecule has 0 unspecified atom stereocenters. The van der Waals surface area contributed by atoms with Crippen LogP contribution in [0, 0.1) is 0 Å². The van der Waals surface area contributed by atoms with Crippen molar-refractivity contribution in [2.24, 2.45) is 0 Å². The standard InChI is InChI=1S/C6H10O.W/c1-6(2)4-5-7-3;/h4H,1-3H3;. The summed E-state index contributed by atoms with van der Waals surface area (Å²) in [6.07, 6.45) is 2.04. The van der Waals surface area contributed by atoms with Gasteiger partial charge in [0.1, 0.15) is 0 Å². The van der Waals surface area contributed by atoms with Crippen LogP contribution in [0.1, 0.15) is 13.8 Å². The van der Waals surface area contributed by atoms with E-state index in [1.807, 2.05) is 6.08 Å². The van der Waals surface area contributed by atoms with Gasteiger partial charge in [-0.1, -0.05) is 0 Å². The summed E-state index contributed by atoms with van der Waals surface area (Å²) in [5, 5.41) is 0. The van der Waals surface area contributed by atoms with Crippen LogP contribution in [-0.4, -0.2) is 11.2 Å². The molecule has 0 heterocycles. The molecule has 0 fully saturated rings. The Morgan fingerprint density at radius 3 is 2.12 bits per heavy atom. The third kappa shape index (κ3) is 4.42. The molecule has 0 saturated heterocycles. The second-order valence-corrected chi connectivity index (χ2v) is 3.19. The van der Waals surface area contributed by atoms with E-state index in [1.54, 1.807) is 7.11 Å². The van der Waals surface area contributed by atoms with Crippen LogP contribution in [0.3, 0.4) is 0 Å². The molecule has 0 bridgehead atoms. The summed E-state index contributed by atoms with van der Waals surface area (Å²) < 4.78 is 5.98. The molecule has 0 aliphatic rings. The molecular weight excluding hydrogens is 272 g/mol. The SMILES string of the molecule is CO[C](=[W])C=C(C)C. The van der Waals surface area contributed by atoms with Gasteiger partial charge in [-0.15, -0.1) is 0 Å². The molecule has 0 radical (unpaired) electrons. The first-order valence-electron chi connectivity index (χ1n) is 2.39. The first kappa shape index (κ1) is 8.26. The number of allylic oxidation sites excluding steroid dienone is 1. The van der Waals surface area contributed by atoms with Crippen LogP contribution in [-0.2, 0) is 24.1 Å². The Balaban J connectivity index is 3.70. The van der Waals surface area contributed by atoms with Gasteiger partial charge in [0.15, 0.2) is 0 Å². The molecule has 0 aliphatic heterocycles. The maximum atomic E-state index is 4.94. The Kier molecular flexibility index (Phi) is 4.30. The summed E-state index contributed by atoms with van der Waals surface area (Å²) in [6, 6.07) is 0. The predicted molar refractivity (Wildman–Crippen MR) is 31.4 cm³/mol. The summed E-state index contributed by atoms with van der Waals surface area (Å²) in [6.45, 7) is 4.12. The van der Waals surface area contributed by atoms with E-state index >= 15 is 0 Å². The number of ether oxygens (including phenoxy) is 1. The molecule has 2 heteroatoms. The van der Waals surface area contributed by atoms with Gasteiger partial charge in [-0.25, -0.2) is 0 Å². The molecule has 0 amide bonds. The summed E-state index contributed by atoms with van der Waals surface area (Å²) in [5.41, 5.74) is 1.29. The Morgan fingerprint density at radius 1 is 1.50 bits per heavy atom. The quantitative estimate of drug-likeness (QED) is 0.741. The average Bonchev–Trinajstić information content (AvgIpc) is 1.65. The van der Waals surface area contributed by atoms with Gasteiger partial charge in [0.05, 0.1) is 0 Å². The molecule has 0 saturated carbocycles. The molecule has 0 aromatic carbocycles. The van der Waals surface area contributed by atoms with Crippen molar-refractivity contribution in [1.82, 2.24) is 0 Å². The third-order valence-corrected chi connectivity index (χ3v) is 1.63. The fourth-order valence-electron chi connectivity index (χ4n) is 0.295. The molecule has 0 spiro atoms. The molecule has 46 valence electrons. The Bertz CT molecular complexity index is 112. The van der Waals surface area contributed by atoms with E-state index in [4.69, 9.17) is 4.74 Å². The van der Waals surface area contributed by atoms with Crippen molar-refractivity contribution in [3.8, 4) is 0 Å². The molecule has 0 N–H and O–H groups in total. The zero-order valence-corrected chi connectivity index (χ0v) is 8.33. The van der Waals surface area contributed by atoms with Crippen LogP contribution < -0.4 is 0 Å². The van der Waals surface area contributed by atoms with Crippen molar-refractivity contribution in [1.29, 1.82) is 0 Å². The van der Waals surface area contributed by atoms with Crippen LogP contribution in [0.25, 0.3) is 0 Å². The van der Waals surface area contributed by atoms with Crippen LogP contribution in [0.15, 0.2) is 11.6 Å². The number of methoxy groups -OCH3 is 1. The average molecular weight is 282 g/mol. The van der Waals surface area contributed by atoms with Gasteiger partial charge in [-0.3, -0.25) is 0 Å². The molecule has 0 aromatic heterocycles. The van der Waals surface area contributed by atoms with Crippen molar-refractivity contribution in [3.05, 3.63) is 11.6 Å². The van der Waals surface area contributed by atoms with Gasteiger partial charge in [-0.05, 0) is 0 Å². The van der Waals surface area contributed by atoms with E-state index in [0.29, 0.717) is 0 Å². The Morgan fingerprint density at radius 2 is 2.00 bits per heavy atom. The molecule has 0 aliphatic carbocycles. The second kappa shape index (κ2) is 4.17. The number of rotatable bonds is 2. The summed E-state index contributed by atoms with van der Waals surface area (Å²) in [5.74, 6) is 0. The third-order valence-electron chi connectivity index (χ3n) is 0.608. The normalized spacial score (nSPS) is 8.38. The zero-order valence-electron chi connectivity index (χ0n) is 5.39. The van der Waals surface area contributed by atoms with Crippen LogP contribution in [0.5, 0.6) is 0 Å². The first-order valence-corrected chi connectivity index (χ1v) is 3.86. The van der Waals surface area contributed by atoms with Gasteiger partial charge < -0.3 is 0 Å². The van der Waals surface area contributed by atoms with E-state index in [0.717, 1.165) is 4.08 Å². The maximum absolute atomic E-state index is 4.94. The summed E-state index contributed by atoms with van der Waals surface area (Å²) in [7, 11) is 1.70. The fourth-order valence-corrected chi connectivity index (χ4v) is 1.14. The fraction of sp³-hybridized carbons (Fsp3) is 0.500. The van der Waals surface area contributed by atoms with Crippen LogP contribution >= 0.6 is 0 Å². The molecule has 0 rings (SSSR count). The van der Waals surface area contributed by atoms with Crippen molar-refractivity contribution < 1.29 is 24.1 Å². The van der Waals surface area contributed by atoms with Crippen LogP contribution in [0.2, 0.25) is 0 Å². The Labute approximate surface area is 61.1 Å². The second-order valence-electron chi connectivity index (χ2n) is 1.74. The topological polar surface area (TPSA) is 9.23 Å². The van der Waals surface area contributed by atoms with E-state index in [9.17, 15) is 0 Å². The minimum absolute atomic E-state index is 1.05. The van der Waals surface area contributed by atoms with E-state index in [-0.39, 0.29) is 0 Å². The van der Waals surface area contributed by atoms with Gasteiger partial charge in [0.25, 0.3) is 0 Å². The number of hydrogen-bond donors (Lipinski definition) is 0. The van der Waals surface area contributed by atoms with E-state index in [1.165, 1.54) is 24.9 Å². The minimum atomic E-state index is 1.05. The molecule has 0 aromatic rings. The molecule has 0 atom stereocenters. The van der Waals surface area contributed by atoms with Gasteiger partial charge in [0, 0.05) is 0 Å². The summed E-state index contributed by atoms with van der Waals surface area (Å²) >= 11 is 1.38.